The molecule has 0 heterocycles. The second-order valence-electron chi connectivity index (χ2n) is 4.12. The molecule has 0 bridgehead atoms. The number of amides is 1. The van der Waals surface area contributed by atoms with Crippen LogP contribution in [-0.4, -0.2) is 28.6 Å². The van der Waals surface area contributed by atoms with Gasteiger partial charge in [0.2, 0.25) is 5.91 Å². The Labute approximate surface area is 110 Å². The first-order chi connectivity index (χ1) is 8.99. The number of nitro benzene ring substituents is 1. The number of carbonyl (C=O) groups excluding carboxylic acids is 1. The van der Waals surface area contributed by atoms with E-state index >= 15 is 0 Å². The van der Waals surface area contributed by atoms with Gasteiger partial charge >= 0.3 is 0 Å². The summed E-state index contributed by atoms with van der Waals surface area (Å²) >= 11 is 0. The predicted molar refractivity (Wildman–Crippen MR) is 71.0 cm³/mol. The van der Waals surface area contributed by atoms with Gasteiger partial charge in [0, 0.05) is 24.3 Å². The number of nitro groups is 1. The van der Waals surface area contributed by atoms with E-state index in [9.17, 15) is 14.9 Å². The molecule has 0 fully saturated rings. The number of benzene rings is 1. The largest absolute Gasteiger partial charge is 0.396 e. The molecular formula is C12H17N3O4. The van der Waals surface area contributed by atoms with Crippen molar-refractivity contribution < 1.29 is 14.8 Å². The summed E-state index contributed by atoms with van der Waals surface area (Å²) in [5, 5.41) is 22.9. The number of hydrogen-bond donors (Lipinski definition) is 3. The van der Waals surface area contributed by atoms with Gasteiger partial charge in [0.1, 0.15) is 5.69 Å². The molecule has 0 aliphatic carbocycles. The fourth-order valence-electron chi connectivity index (χ4n) is 1.71. The molecule has 19 heavy (non-hydrogen) atoms. The van der Waals surface area contributed by atoms with Crippen molar-refractivity contribution in [1.82, 2.24) is 0 Å². The Morgan fingerprint density at radius 3 is 2.74 bits per heavy atom. The van der Waals surface area contributed by atoms with Gasteiger partial charge in [0.05, 0.1) is 4.92 Å². The molecule has 0 saturated carbocycles. The normalized spacial score (nSPS) is 11.9. The molecule has 1 aromatic carbocycles. The third-order valence-electron chi connectivity index (χ3n) is 2.81. The number of hydrogen-bond acceptors (Lipinski definition) is 5. The van der Waals surface area contributed by atoms with Gasteiger partial charge < -0.3 is 16.2 Å². The lowest BCUT2D eigenvalue weighted by atomic mass is 10.1. The van der Waals surface area contributed by atoms with Gasteiger partial charge in [-0.1, -0.05) is 6.92 Å². The molecule has 104 valence electrons. The maximum absolute atomic E-state index is 11.0. The number of carbonyl (C=O) groups is 1. The molecule has 0 aromatic heterocycles. The number of anilines is 1. The maximum Gasteiger partial charge on any atom is 0.293 e. The third-order valence-corrected chi connectivity index (χ3v) is 2.81. The smallest absolute Gasteiger partial charge is 0.293 e. The standard InChI is InChI=1S/C12H17N3O4/c1-2-9(5-6-16)14-10-4-3-8(12(13)17)7-11(10)15(18)19/h3-4,7,9,14,16H,2,5-6H2,1H3,(H2,13,17). The minimum absolute atomic E-state index is 0.00132. The summed E-state index contributed by atoms with van der Waals surface area (Å²) in [5.41, 5.74) is 5.30. The summed E-state index contributed by atoms with van der Waals surface area (Å²) in [5.74, 6) is -0.711. The fraction of sp³-hybridized carbons (Fsp3) is 0.417. The van der Waals surface area contributed by atoms with Crippen molar-refractivity contribution in [2.24, 2.45) is 5.73 Å². The quantitative estimate of drug-likeness (QED) is 0.507. The van der Waals surface area contributed by atoms with Crippen molar-refractivity contribution >= 4 is 17.3 Å². The number of aliphatic hydroxyl groups is 1. The molecule has 0 saturated heterocycles. The highest BCUT2D eigenvalue weighted by atomic mass is 16.6. The monoisotopic (exact) mass is 267 g/mol. The summed E-state index contributed by atoms with van der Waals surface area (Å²) in [4.78, 5) is 21.4. The van der Waals surface area contributed by atoms with E-state index in [1.165, 1.54) is 12.1 Å². The van der Waals surface area contributed by atoms with Gasteiger partial charge in [-0.15, -0.1) is 0 Å². The Morgan fingerprint density at radius 1 is 1.58 bits per heavy atom. The fourth-order valence-corrected chi connectivity index (χ4v) is 1.71. The summed E-state index contributed by atoms with van der Waals surface area (Å²) in [7, 11) is 0. The number of nitrogens with two attached hydrogens (primary N) is 1. The van der Waals surface area contributed by atoms with Crippen LogP contribution in [0, 0.1) is 10.1 Å². The SMILES string of the molecule is CCC(CCO)Nc1ccc(C(N)=O)cc1[N+](=O)[O-]. The molecule has 0 radical (unpaired) electrons. The van der Waals surface area contributed by atoms with Crippen molar-refractivity contribution in [3.05, 3.63) is 33.9 Å². The van der Waals surface area contributed by atoms with E-state index in [0.29, 0.717) is 12.1 Å². The minimum atomic E-state index is -0.711. The zero-order chi connectivity index (χ0) is 14.4. The van der Waals surface area contributed by atoms with E-state index < -0.39 is 10.8 Å². The van der Waals surface area contributed by atoms with Gasteiger partial charge in [0.15, 0.2) is 0 Å². The van der Waals surface area contributed by atoms with Crippen LogP contribution >= 0.6 is 0 Å². The summed E-state index contributed by atoms with van der Waals surface area (Å²) in [6, 6.07) is 3.97. The van der Waals surface area contributed by atoms with Crippen LogP contribution in [0.5, 0.6) is 0 Å². The Hall–Kier alpha value is -2.15. The Morgan fingerprint density at radius 2 is 2.26 bits per heavy atom. The van der Waals surface area contributed by atoms with Gasteiger partial charge in [-0.05, 0) is 25.0 Å². The van der Waals surface area contributed by atoms with E-state index in [4.69, 9.17) is 10.8 Å². The average Bonchev–Trinajstić information content (AvgIpc) is 2.37. The van der Waals surface area contributed by atoms with E-state index in [1.807, 2.05) is 6.92 Å². The van der Waals surface area contributed by atoms with Crippen LogP contribution in [0.15, 0.2) is 18.2 Å². The highest BCUT2D eigenvalue weighted by Gasteiger charge is 2.18. The van der Waals surface area contributed by atoms with Crippen molar-refractivity contribution in [3.63, 3.8) is 0 Å². The van der Waals surface area contributed by atoms with Crippen LogP contribution in [0.3, 0.4) is 0 Å². The lowest BCUT2D eigenvalue weighted by Crippen LogP contribution is -2.21. The van der Waals surface area contributed by atoms with Gasteiger partial charge in [0.25, 0.3) is 5.69 Å². The van der Waals surface area contributed by atoms with Gasteiger partial charge in [-0.3, -0.25) is 14.9 Å². The van der Waals surface area contributed by atoms with Crippen LogP contribution in [0.4, 0.5) is 11.4 Å². The van der Waals surface area contributed by atoms with Crippen LogP contribution in [-0.2, 0) is 0 Å². The average molecular weight is 267 g/mol. The van der Waals surface area contributed by atoms with Crippen molar-refractivity contribution in [2.75, 3.05) is 11.9 Å². The number of nitrogens with one attached hydrogen (secondary N) is 1. The molecule has 0 aliphatic heterocycles. The first-order valence-corrected chi connectivity index (χ1v) is 5.95. The van der Waals surface area contributed by atoms with E-state index in [2.05, 4.69) is 5.32 Å². The Bertz CT molecular complexity index is 476. The zero-order valence-corrected chi connectivity index (χ0v) is 10.6. The number of nitrogens with zero attached hydrogens (tertiary/aromatic N) is 1. The molecule has 4 N–H and O–H groups in total. The van der Waals surface area contributed by atoms with Crippen LogP contribution < -0.4 is 11.1 Å². The van der Waals surface area contributed by atoms with Crippen LogP contribution in [0.25, 0.3) is 0 Å². The zero-order valence-electron chi connectivity index (χ0n) is 10.6. The molecular weight excluding hydrogens is 250 g/mol. The van der Waals surface area contributed by atoms with E-state index in [0.717, 1.165) is 12.5 Å². The highest BCUT2D eigenvalue weighted by Crippen LogP contribution is 2.26. The lowest BCUT2D eigenvalue weighted by molar-refractivity contribution is -0.384. The van der Waals surface area contributed by atoms with Crippen molar-refractivity contribution in [2.45, 2.75) is 25.8 Å². The predicted octanol–water partition coefficient (Wildman–Crippen LogP) is 1.27. The van der Waals surface area contributed by atoms with Crippen LogP contribution in [0.1, 0.15) is 30.1 Å². The number of aliphatic hydroxyl groups excluding tert-OH is 1. The van der Waals surface area contributed by atoms with Crippen molar-refractivity contribution in [3.8, 4) is 0 Å². The van der Waals surface area contributed by atoms with Crippen molar-refractivity contribution in [1.29, 1.82) is 0 Å². The molecule has 1 aromatic rings. The molecule has 1 unspecified atom stereocenters. The van der Waals surface area contributed by atoms with Gasteiger partial charge in [-0.2, -0.15) is 0 Å². The number of primary amides is 1. The second-order valence-corrected chi connectivity index (χ2v) is 4.12. The lowest BCUT2D eigenvalue weighted by Gasteiger charge is -2.17. The Kier molecular flexibility index (Phi) is 5.25. The minimum Gasteiger partial charge on any atom is -0.396 e. The molecule has 1 atom stereocenters. The molecule has 1 rings (SSSR count). The molecule has 1 amide bonds. The molecule has 0 spiro atoms. The molecule has 0 aliphatic rings. The van der Waals surface area contributed by atoms with E-state index in [1.54, 1.807) is 0 Å². The topological polar surface area (TPSA) is 118 Å². The summed E-state index contributed by atoms with van der Waals surface area (Å²) in [6.07, 6.45) is 1.21. The first kappa shape index (κ1) is 14.9. The Balaban J connectivity index is 3.06. The highest BCUT2D eigenvalue weighted by molar-refractivity contribution is 5.94. The third kappa shape index (κ3) is 3.92. The van der Waals surface area contributed by atoms with Crippen LogP contribution in [0.2, 0.25) is 0 Å². The molecule has 7 nitrogen and oxygen atoms in total. The second kappa shape index (κ2) is 6.69. The first-order valence-electron chi connectivity index (χ1n) is 5.95. The molecule has 7 heteroatoms. The number of rotatable bonds is 7. The summed E-state index contributed by atoms with van der Waals surface area (Å²) < 4.78 is 0. The maximum atomic E-state index is 11.0. The van der Waals surface area contributed by atoms with E-state index in [-0.39, 0.29) is 23.9 Å². The summed E-state index contributed by atoms with van der Waals surface area (Å²) in [6.45, 7) is 1.91. The van der Waals surface area contributed by atoms with Gasteiger partial charge in [-0.25, -0.2) is 0 Å².